The molecule has 1 heterocycles. The molecule has 2 rings (SSSR count). The van der Waals surface area contributed by atoms with Crippen molar-refractivity contribution in [1.29, 1.82) is 0 Å². The number of rotatable bonds is 4. The summed E-state index contributed by atoms with van der Waals surface area (Å²) in [6.07, 6.45) is 4.23. The van der Waals surface area contributed by atoms with Crippen molar-refractivity contribution >= 4 is 5.91 Å². The van der Waals surface area contributed by atoms with Crippen LogP contribution in [0.25, 0.3) is 0 Å². The summed E-state index contributed by atoms with van der Waals surface area (Å²) in [7, 11) is 0. The second-order valence-corrected chi connectivity index (χ2v) is 6.17. The molecule has 4 nitrogen and oxygen atoms in total. The summed E-state index contributed by atoms with van der Waals surface area (Å²) >= 11 is 0. The molecule has 1 aliphatic carbocycles. The van der Waals surface area contributed by atoms with Gasteiger partial charge in [-0.3, -0.25) is 4.79 Å². The van der Waals surface area contributed by atoms with Gasteiger partial charge in [0.05, 0.1) is 11.1 Å². The standard InChI is InChI=1S/C14H22N2O2/c1-13(2,14(3,4)18)15-12(17)11-6-5-9-16(11)10-7-8-10/h5-6,9-10,18H,7-8H2,1-4H3,(H,15,17). The van der Waals surface area contributed by atoms with E-state index in [0.717, 1.165) is 12.8 Å². The number of amides is 1. The minimum Gasteiger partial charge on any atom is -0.388 e. The number of carbonyl (C=O) groups is 1. The highest BCUT2D eigenvalue weighted by Crippen LogP contribution is 2.36. The lowest BCUT2D eigenvalue weighted by Gasteiger charge is -2.38. The van der Waals surface area contributed by atoms with E-state index in [1.807, 2.05) is 36.7 Å². The van der Waals surface area contributed by atoms with Crippen molar-refractivity contribution < 1.29 is 9.90 Å². The molecule has 0 unspecified atom stereocenters. The largest absolute Gasteiger partial charge is 0.388 e. The van der Waals surface area contributed by atoms with Crippen LogP contribution in [0.4, 0.5) is 0 Å². The number of hydrogen-bond donors (Lipinski definition) is 2. The number of aromatic nitrogens is 1. The Balaban J connectivity index is 2.15. The van der Waals surface area contributed by atoms with Crippen molar-refractivity contribution in [2.75, 3.05) is 0 Å². The van der Waals surface area contributed by atoms with Gasteiger partial charge >= 0.3 is 0 Å². The predicted molar refractivity (Wildman–Crippen MR) is 70.5 cm³/mol. The lowest BCUT2D eigenvalue weighted by molar-refractivity contribution is -0.00310. The average molecular weight is 250 g/mol. The summed E-state index contributed by atoms with van der Waals surface area (Å²) < 4.78 is 2.02. The van der Waals surface area contributed by atoms with E-state index in [1.165, 1.54) is 0 Å². The van der Waals surface area contributed by atoms with Crippen LogP contribution < -0.4 is 5.32 Å². The summed E-state index contributed by atoms with van der Waals surface area (Å²) in [5, 5.41) is 13.0. The van der Waals surface area contributed by atoms with Crippen LogP contribution in [0.1, 0.15) is 57.1 Å². The molecular weight excluding hydrogens is 228 g/mol. The Morgan fingerprint density at radius 3 is 2.50 bits per heavy atom. The molecular formula is C14H22N2O2. The molecule has 1 amide bonds. The van der Waals surface area contributed by atoms with Crippen LogP contribution in [0.2, 0.25) is 0 Å². The van der Waals surface area contributed by atoms with Crippen LogP contribution in [-0.4, -0.2) is 26.7 Å². The fourth-order valence-corrected chi connectivity index (χ4v) is 1.76. The molecule has 0 aromatic carbocycles. The monoisotopic (exact) mass is 250 g/mol. The van der Waals surface area contributed by atoms with E-state index >= 15 is 0 Å². The first-order chi connectivity index (χ1) is 8.22. The molecule has 1 aliphatic rings. The van der Waals surface area contributed by atoms with Crippen molar-refractivity contribution in [1.82, 2.24) is 9.88 Å². The number of carbonyl (C=O) groups excluding carboxylic acids is 1. The number of nitrogens with zero attached hydrogens (tertiary/aromatic N) is 1. The molecule has 4 heteroatoms. The molecule has 1 aromatic rings. The van der Waals surface area contributed by atoms with Gasteiger partial charge in [-0.25, -0.2) is 0 Å². The minimum absolute atomic E-state index is 0.126. The molecule has 0 radical (unpaired) electrons. The predicted octanol–water partition coefficient (Wildman–Crippen LogP) is 2.10. The van der Waals surface area contributed by atoms with E-state index in [0.29, 0.717) is 11.7 Å². The zero-order chi connectivity index (χ0) is 13.6. The Morgan fingerprint density at radius 1 is 1.39 bits per heavy atom. The van der Waals surface area contributed by atoms with E-state index in [9.17, 15) is 9.90 Å². The fraction of sp³-hybridized carbons (Fsp3) is 0.643. The highest BCUT2D eigenvalue weighted by molar-refractivity contribution is 5.93. The zero-order valence-electron chi connectivity index (χ0n) is 11.5. The molecule has 18 heavy (non-hydrogen) atoms. The van der Waals surface area contributed by atoms with Gasteiger partial charge in [-0.15, -0.1) is 0 Å². The summed E-state index contributed by atoms with van der Waals surface area (Å²) in [6, 6.07) is 4.20. The zero-order valence-corrected chi connectivity index (χ0v) is 11.5. The van der Waals surface area contributed by atoms with Gasteiger partial charge in [0.1, 0.15) is 5.69 Å². The second kappa shape index (κ2) is 4.12. The Morgan fingerprint density at radius 2 is 2.00 bits per heavy atom. The van der Waals surface area contributed by atoms with E-state index in [4.69, 9.17) is 0 Å². The first kappa shape index (κ1) is 13.1. The Labute approximate surface area is 108 Å². The molecule has 100 valence electrons. The quantitative estimate of drug-likeness (QED) is 0.860. The lowest BCUT2D eigenvalue weighted by atomic mass is 9.86. The number of hydrogen-bond acceptors (Lipinski definition) is 2. The molecule has 0 saturated heterocycles. The van der Waals surface area contributed by atoms with Crippen LogP contribution in [-0.2, 0) is 0 Å². The van der Waals surface area contributed by atoms with Gasteiger partial charge in [0, 0.05) is 12.2 Å². The molecule has 0 atom stereocenters. The van der Waals surface area contributed by atoms with Gasteiger partial charge in [-0.2, -0.15) is 0 Å². The minimum atomic E-state index is -0.973. The highest BCUT2D eigenvalue weighted by Gasteiger charge is 2.37. The first-order valence-corrected chi connectivity index (χ1v) is 6.44. The molecule has 1 fully saturated rings. The molecule has 2 N–H and O–H groups in total. The van der Waals surface area contributed by atoms with Gasteiger partial charge < -0.3 is 15.0 Å². The average Bonchev–Trinajstić information content (AvgIpc) is 2.93. The first-order valence-electron chi connectivity index (χ1n) is 6.44. The van der Waals surface area contributed by atoms with E-state index in [1.54, 1.807) is 13.8 Å². The third-order valence-electron chi connectivity index (χ3n) is 3.91. The van der Waals surface area contributed by atoms with E-state index < -0.39 is 11.1 Å². The molecule has 1 aromatic heterocycles. The second-order valence-electron chi connectivity index (χ2n) is 6.17. The molecule has 1 saturated carbocycles. The maximum Gasteiger partial charge on any atom is 0.268 e. The highest BCUT2D eigenvalue weighted by atomic mass is 16.3. The number of nitrogens with one attached hydrogen (secondary N) is 1. The fourth-order valence-electron chi connectivity index (χ4n) is 1.76. The van der Waals surface area contributed by atoms with E-state index in [2.05, 4.69) is 5.32 Å². The Bertz CT molecular complexity index is 451. The summed E-state index contributed by atoms with van der Waals surface area (Å²) in [4.78, 5) is 12.3. The normalized spacial score (nSPS) is 16.7. The van der Waals surface area contributed by atoms with Gasteiger partial charge in [0.2, 0.25) is 0 Å². The summed E-state index contributed by atoms with van der Waals surface area (Å²) in [5.41, 5.74) is -0.975. The van der Waals surface area contributed by atoms with Gasteiger partial charge in [-0.05, 0) is 52.7 Å². The van der Waals surface area contributed by atoms with E-state index in [-0.39, 0.29) is 5.91 Å². The topological polar surface area (TPSA) is 54.3 Å². The van der Waals surface area contributed by atoms with Gasteiger partial charge in [-0.1, -0.05) is 0 Å². The van der Waals surface area contributed by atoms with Crippen LogP contribution in [0.15, 0.2) is 18.3 Å². The number of aliphatic hydroxyl groups is 1. The molecule has 0 spiro atoms. The van der Waals surface area contributed by atoms with Crippen LogP contribution in [0.3, 0.4) is 0 Å². The van der Waals surface area contributed by atoms with Crippen molar-refractivity contribution in [3.05, 3.63) is 24.0 Å². The van der Waals surface area contributed by atoms with Crippen molar-refractivity contribution in [3.63, 3.8) is 0 Å². The van der Waals surface area contributed by atoms with Gasteiger partial charge in [0.15, 0.2) is 0 Å². The lowest BCUT2D eigenvalue weighted by Crippen LogP contribution is -2.57. The van der Waals surface area contributed by atoms with Crippen LogP contribution in [0, 0.1) is 0 Å². The van der Waals surface area contributed by atoms with Gasteiger partial charge in [0.25, 0.3) is 5.91 Å². The maximum atomic E-state index is 12.3. The Kier molecular flexibility index (Phi) is 3.01. The third-order valence-corrected chi connectivity index (χ3v) is 3.91. The van der Waals surface area contributed by atoms with Crippen LogP contribution >= 0.6 is 0 Å². The smallest absolute Gasteiger partial charge is 0.268 e. The summed E-state index contributed by atoms with van der Waals surface area (Å²) in [6.45, 7) is 7.06. The SMILES string of the molecule is CC(C)(O)C(C)(C)NC(=O)c1cccn1C1CC1. The Hall–Kier alpha value is -1.29. The van der Waals surface area contributed by atoms with Crippen LogP contribution in [0.5, 0.6) is 0 Å². The molecule has 0 bridgehead atoms. The van der Waals surface area contributed by atoms with Crippen molar-refractivity contribution in [2.24, 2.45) is 0 Å². The molecule has 0 aliphatic heterocycles. The summed E-state index contributed by atoms with van der Waals surface area (Å²) in [5.74, 6) is -0.126. The third kappa shape index (κ3) is 2.43. The van der Waals surface area contributed by atoms with Crippen molar-refractivity contribution in [3.8, 4) is 0 Å². The maximum absolute atomic E-state index is 12.3. The van der Waals surface area contributed by atoms with Crippen molar-refractivity contribution in [2.45, 2.75) is 57.7 Å².